The summed E-state index contributed by atoms with van der Waals surface area (Å²) in [5.41, 5.74) is -0.489. The van der Waals surface area contributed by atoms with Gasteiger partial charge in [0, 0.05) is 16.8 Å². The summed E-state index contributed by atoms with van der Waals surface area (Å²) in [7, 11) is 1.18. The van der Waals surface area contributed by atoms with Crippen LogP contribution in [0.5, 0.6) is 0 Å². The van der Waals surface area contributed by atoms with Crippen LogP contribution in [0.15, 0.2) is 35.5 Å². The maximum atomic E-state index is 12.7. The standard InChI is InChI=1S/C13H11F3N2O2S/c1-8-7-18(11(21-8)17-12(19)20-2)10-5-3-4-9(6-10)13(14,15)16/h3-7H,1-2H3. The number of aryl methyl sites for hydroxylation is 1. The fraction of sp³-hybridized carbons (Fsp3) is 0.231. The van der Waals surface area contributed by atoms with Crippen molar-refractivity contribution in [1.29, 1.82) is 0 Å². The van der Waals surface area contributed by atoms with E-state index in [1.54, 1.807) is 13.1 Å². The number of thiazole rings is 1. The highest BCUT2D eigenvalue weighted by atomic mass is 32.1. The van der Waals surface area contributed by atoms with Gasteiger partial charge in [0.2, 0.25) is 4.80 Å². The van der Waals surface area contributed by atoms with Gasteiger partial charge >= 0.3 is 12.3 Å². The summed E-state index contributed by atoms with van der Waals surface area (Å²) < 4.78 is 44.1. The van der Waals surface area contributed by atoms with Crippen LogP contribution in [-0.4, -0.2) is 17.8 Å². The average Bonchev–Trinajstić information content (AvgIpc) is 2.78. The Balaban J connectivity index is 2.58. The SMILES string of the molecule is COC(=O)N=c1sc(C)cn1-c1cccc(C(F)(F)F)c1. The molecule has 21 heavy (non-hydrogen) atoms. The smallest absolute Gasteiger partial charge is 0.436 e. The van der Waals surface area contributed by atoms with Crippen LogP contribution in [0.2, 0.25) is 0 Å². The first-order chi connectivity index (χ1) is 9.81. The lowest BCUT2D eigenvalue weighted by Crippen LogP contribution is -2.15. The van der Waals surface area contributed by atoms with Crippen molar-refractivity contribution < 1.29 is 22.7 Å². The Morgan fingerprint density at radius 1 is 1.38 bits per heavy atom. The van der Waals surface area contributed by atoms with Gasteiger partial charge in [0.25, 0.3) is 0 Å². The summed E-state index contributed by atoms with van der Waals surface area (Å²) in [5, 5.41) is 0. The third kappa shape index (κ3) is 3.52. The second kappa shape index (κ2) is 5.72. The molecule has 0 aliphatic rings. The van der Waals surface area contributed by atoms with Crippen LogP contribution in [0.4, 0.5) is 18.0 Å². The topological polar surface area (TPSA) is 43.6 Å². The van der Waals surface area contributed by atoms with E-state index < -0.39 is 17.8 Å². The van der Waals surface area contributed by atoms with E-state index in [-0.39, 0.29) is 10.5 Å². The first-order valence-corrected chi connectivity index (χ1v) is 6.62. The minimum atomic E-state index is -4.43. The number of carbonyl (C=O) groups is 1. The highest BCUT2D eigenvalue weighted by molar-refractivity contribution is 7.09. The van der Waals surface area contributed by atoms with Crippen molar-refractivity contribution >= 4 is 17.4 Å². The Labute approximate surface area is 122 Å². The first-order valence-electron chi connectivity index (χ1n) is 5.80. The van der Waals surface area contributed by atoms with Gasteiger partial charge in [-0.3, -0.25) is 4.57 Å². The van der Waals surface area contributed by atoms with Crippen LogP contribution in [0, 0.1) is 6.92 Å². The molecule has 112 valence electrons. The van der Waals surface area contributed by atoms with Crippen molar-refractivity contribution in [3.05, 3.63) is 45.7 Å². The van der Waals surface area contributed by atoms with Gasteiger partial charge in [-0.15, -0.1) is 16.3 Å². The predicted octanol–water partition coefficient (Wildman–Crippen LogP) is 3.53. The summed E-state index contributed by atoms with van der Waals surface area (Å²) in [6.45, 7) is 1.77. The summed E-state index contributed by atoms with van der Waals surface area (Å²) in [5.74, 6) is 0. The van der Waals surface area contributed by atoms with E-state index >= 15 is 0 Å². The molecule has 0 saturated carbocycles. The fourth-order valence-electron chi connectivity index (χ4n) is 1.67. The van der Waals surface area contributed by atoms with Crippen LogP contribution in [0.25, 0.3) is 5.69 Å². The van der Waals surface area contributed by atoms with E-state index in [1.807, 2.05) is 0 Å². The number of hydrogen-bond acceptors (Lipinski definition) is 3. The molecule has 0 bridgehead atoms. The lowest BCUT2D eigenvalue weighted by molar-refractivity contribution is -0.137. The largest absolute Gasteiger partial charge is 0.451 e. The van der Waals surface area contributed by atoms with Gasteiger partial charge in [0.15, 0.2) is 0 Å². The molecule has 2 rings (SSSR count). The van der Waals surface area contributed by atoms with Gasteiger partial charge in [-0.05, 0) is 25.1 Å². The third-order valence-electron chi connectivity index (χ3n) is 2.58. The number of alkyl halides is 3. The van der Waals surface area contributed by atoms with Crippen molar-refractivity contribution in [3.63, 3.8) is 0 Å². The third-order valence-corrected chi connectivity index (χ3v) is 3.48. The van der Waals surface area contributed by atoms with E-state index in [2.05, 4.69) is 9.73 Å². The van der Waals surface area contributed by atoms with Gasteiger partial charge in [0.1, 0.15) is 0 Å². The summed E-state index contributed by atoms with van der Waals surface area (Å²) in [6, 6.07) is 4.81. The molecule has 1 aromatic carbocycles. The Morgan fingerprint density at radius 2 is 2.10 bits per heavy atom. The predicted molar refractivity (Wildman–Crippen MR) is 71.4 cm³/mol. The molecule has 0 atom stereocenters. The Morgan fingerprint density at radius 3 is 2.71 bits per heavy atom. The first kappa shape index (κ1) is 15.3. The van der Waals surface area contributed by atoms with Crippen molar-refractivity contribution in [1.82, 2.24) is 4.57 Å². The zero-order valence-electron chi connectivity index (χ0n) is 11.1. The lowest BCUT2D eigenvalue weighted by atomic mass is 10.2. The van der Waals surface area contributed by atoms with E-state index in [1.165, 1.54) is 35.1 Å². The summed E-state index contributed by atoms with van der Waals surface area (Å²) in [4.78, 5) is 16.0. The number of amides is 1. The molecule has 0 saturated heterocycles. The second-order valence-corrected chi connectivity index (χ2v) is 5.34. The number of aromatic nitrogens is 1. The summed E-state index contributed by atoms with van der Waals surface area (Å²) in [6.07, 6.45) is -3.62. The van der Waals surface area contributed by atoms with Gasteiger partial charge in [-0.1, -0.05) is 6.07 Å². The highest BCUT2D eigenvalue weighted by Gasteiger charge is 2.30. The number of nitrogens with zero attached hydrogens (tertiary/aromatic N) is 2. The number of halogens is 3. The molecule has 4 nitrogen and oxygen atoms in total. The fourth-order valence-corrected chi connectivity index (χ4v) is 2.50. The molecule has 8 heteroatoms. The maximum Gasteiger partial charge on any atom is 0.436 e. The minimum absolute atomic E-state index is 0.249. The molecule has 1 amide bonds. The van der Waals surface area contributed by atoms with Crippen molar-refractivity contribution in [2.45, 2.75) is 13.1 Å². The number of benzene rings is 1. The number of rotatable bonds is 1. The molecule has 2 aromatic rings. The van der Waals surface area contributed by atoms with Crippen molar-refractivity contribution in [2.75, 3.05) is 7.11 Å². The van der Waals surface area contributed by atoms with Crippen LogP contribution < -0.4 is 4.80 Å². The Kier molecular flexibility index (Phi) is 4.17. The van der Waals surface area contributed by atoms with Gasteiger partial charge in [-0.2, -0.15) is 13.2 Å². The lowest BCUT2D eigenvalue weighted by Gasteiger charge is -2.09. The Hall–Kier alpha value is -2.09. The van der Waals surface area contributed by atoms with Crippen molar-refractivity contribution in [3.8, 4) is 5.69 Å². The summed E-state index contributed by atoms with van der Waals surface area (Å²) >= 11 is 1.18. The molecule has 0 fully saturated rings. The zero-order chi connectivity index (χ0) is 15.6. The Bertz CT molecular complexity index is 732. The van der Waals surface area contributed by atoms with Gasteiger partial charge in [-0.25, -0.2) is 4.79 Å². The molecule has 0 aliphatic carbocycles. The molecular formula is C13H11F3N2O2S. The van der Waals surface area contributed by atoms with Crippen LogP contribution >= 0.6 is 11.3 Å². The monoisotopic (exact) mass is 316 g/mol. The second-order valence-electron chi connectivity index (χ2n) is 4.12. The van der Waals surface area contributed by atoms with Crippen LogP contribution in [-0.2, 0) is 10.9 Å². The molecule has 0 spiro atoms. The normalized spacial score (nSPS) is 12.5. The van der Waals surface area contributed by atoms with Gasteiger partial charge in [0.05, 0.1) is 12.7 Å². The molecule has 0 unspecified atom stereocenters. The zero-order valence-corrected chi connectivity index (χ0v) is 12.0. The van der Waals surface area contributed by atoms with E-state index in [9.17, 15) is 18.0 Å². The molecule has 0 radical (unpaired) electrons. The molecule has 0 aliphatic heterocycles. The maximum absolute atomic E-state index is 12.7. The number of hydrogen-bond donors (Lipinski definition) is 0. The molecular weight excluding hydrogens is 305 g/mol. The molecule has 1 aromatic heterocycles. The van der Waals surface area contributed by atoms with Gasteiger partial charge < -0.3 is 4.74 Å². The minimum Gasteiger partial charge on any atom is -0.451 e. The number of methoxy groups -OCH3 is 1. The number of ether oxygens (including phenoxy) is 1. The quantitative estimate of drug-likeness (QED) is 0.808. The van der Waals surface area contributed by atoms with E-state index in [4.69, 9.17) is 0 Å². The average molecular weight is 316 g/mol. The number of carbonyl (C=O) groups excluding carboxylic acids is 1. The van der Waals surface area contributed by atoms with Crippen LogP contribution in [0.3, 0.4) is 0 Å². The van der Waals surface area contributed by atoms with E-state index in [0.29, 0.717) is 0 Å². The highest BCUT2D eigenvalue weighted by Crippen LogP contribution is 2.30. The molecule has 0 N–H and O–H groups in total. The van der Waals surface area contributed by atoms with Crippen molar-refractivity contribution in [2.24, 2.45) is 4.99 Å². The molecule has 1 heterocycles. The van der Waals surface area contributed by atoms with E-state index in [0.717, 1.165) is 17.0 Å². The van der Waals surface area contributed by atoms with Crippen LogP contribution in [0.1, 0.15) is 10.4 Å².